The van der Waals surface area contributed by atoms with Gasteiger partial charge in [0.1, 0.15) is 5.75 Å². The Bertz CT molecular complexity index is 779. The van der Waals surface area contributed by atoms with Crippen LogP contribution in [-0.2, 0) is 14.8 Å². The van der Waals surface area contributed by atoms with Crippen molar-refractivity contribution in [1.82, 2.24) is 14.5 Å². The van der Waals surface area contributed by atoms with Crippen molar-refractivity contribution in [3.8, 4) is 5.75 Å². The van der Waals surface area contributed by atoms with Crippen LogP contribution in [0, 0.1) is 5.92 Å². The van der Waals surface area contributed by atoms with Gasteiger partial charge in [-0.3, -0.25) is 4.79 Å². The van der Waals surface area contributed by atoms with Crippen LogP contribution in [-0.4, -0.2) is 68.9 Å². The number of methoxy groups -OCH3 is 1. The third-order valence-corrected chi connectivity index (χ3v) is 8.04. The quantitative estimate of drug-likeness (QED) is 0.758. The molecule has 8 heteroatoms. The maximum atomic E-state index is 12.8. The zero-order chi connectivity index (χ0) is 21.0. The van der Waals surface area contributed by atoms with E-state index in [1.807, 2.05) is 0 Å². The Hall–Kier alpha value is -1.64. The molecule has 3 rings (SSSR count). The maximum absolute atomic E-state index is 12.8. The van der Waals surface area contributed by atoms with Gasteiger partial charge in [-0.05, 0) is 63.8 Å². The fraction of sp³-hybridized carbons (Fsp3) is 0.667. The van der Waals surface area contributed by atoms with E-state index >= 15 is 0 Å². The molecule has 0 aromatic heterocycles. The molecule has 1 N–H and O–H groups in total. The number of sulfonamides is 1. The number of rotatable bonds is 6. The Balaban J connectivity index is 1.50. The minimum Gasteiger partial charge on any atom is -0.497 e. The number of hydrogen-bond donors (Lipinski definition) is 1. The first-order valence-corrected chi connectivity index (χ1v) is 11.9. The zero-order valence-corrected chi connectivity index (χ0v) is 18.5. The number of benzene rings is 1. The predicted molar refractivity (Wildman–Crippen MR) is 112 cm³/mol. The molecule has 1 aromatic carbocycles. The van der Waals surface area contributed by atoms with Gasteiger partial charge >= 0.3 is 0 Å². The fourth-order valence-electron chi connectivity index (χ4n) is 4.13. The molecule has 0 bridgehead atoms. The Morgan fingerprint density at radius 1 is 1.03 bits per heavy atom. The highest BCUT2D eigenvalue weighted by Gasteiger charge is 2.33. The SMILES string of the molecule is COc1ccc(S(=O)(=O)N2CCC(C(=O)NC3CCN(C(C)C)CC3)CC2)cc1. The number of nitrogens with zero attached hydrogens (tertiary/aromatic N) is 2. The van der Waals surface area contributed by atoms with E-state index in [0.717, 1.165) is 25.9 Å². The average Bonchev–Trinajstić information content (AvgIpc) is 2.74. The molecule has 0 aliphatic carbocycles. The minimum atomic E-state index is -3.54. The van der Waals surface area contributed by atoms with Crippen molar-refractivity contribution in [2.45, 2.75) is 56.5 Å². The van der Waals surface area contributed by atoms with Crippen LogP contribution >= 0.6 is 0 Å². The van der Waals surface area contributed by atoms with Crippen molar-refractivity contribution < 1.29 is 17.9 Å². The summed E-state index contributed by atoms with van der Waals surface area (Å²) in [7, 11) is -1.99. The first-order valence-electron chi connectivity index (χ1n) is 10.5. The molecule has 2 aliphatic heterocycles. The molecule has 29 heavy (non-hydrogen) atoms. The molecular weight excluding hydrogens is 390 g/mol. The van der Waals surface area contributed by atoms with Gasteiger partial charge in [0.15, 0.2) is 0 Å². The number of nitrogens with one attached hydrogen (secondary N) is 1. The van der Waals surface area contributed by atoms with Crippen LogP contribution in [0.3, 0.4) is 0 Å². The van der Waals surface area contributed by atoms with Crippen LogP contribution < -0.4 is 10.1 Å². The summed E-state index contributed by atoms with van der Waals surface area (Å²) in [5.41, 5.74) is 0. The average molecular weight is 424 g/mol. The van der Waals surface area contributed by atoms with Gasteiger partial charge in [0, 0.05) is 44.2 Å². The second-order valence-corrected chi connectivity index (χ2v) is 10.2. The van der Waals surface area contributed by atoms with E-state index in [1.54, 1.807) is 31.4 Å². The van der Waals surface area contributed by atoms with E-state index in [-0.39, 0.29) is 22.8 Å². The summed E-state index contributed by atoms with van der Waals surface area (Å²) in [4.78, 5) is 15.4. The number of amides is 1. The van der Waals surface area contributed by atoms with Crippen molar-refractivity contribution in [2.24, 2.45) is 5.92 Å². The van der Waals surface area contributed by atoms with Crippen molar-refractivity contribution >= 4 is 15.9 Å². The second kappa shape index (κ2) is 9.45. The lowest BCUT2D eigenvalue weighted by molar-refractivity contribution is -0.127. The number of likely N-dealkylation sites (tertiary alicyclic amines) is 1. The molecule has 1 amide bonds. The number of ether oxygens (including phenoxy) is 1. The summed E-state index contributed by atoms with van der Waals surface area (Å²) in [5.74, 6) is 0.591. The molecule has 2 aliphatic rings. The van der Waals surface area contributed by atoms with E-state index in [1.165, 1.54) is 4.31 Å². The monoisotopic (exact) mass is 423 g/mol. The van der Waals surface area contributed by atoms with Crippen molar-refractivity contribution in [3.63, 3.8) is 0 Å². The third kappa shape index (κ3) is 5.29. The first-order chi connectivity index (χ1) is 13.8. The third-order valence-electron chi connectivity index (χ3n) is 6.13. The summed E-state index contributed by atoms with van der Waals surface area (Å²) >= 11 is 0. The normalized spacial score (nSPS) is 20.7. The van der Waals surface area contributed by atoms with Gasteiger partial charge in [-0.1, -0.05) is 0 Å². The van der Waals surface area contributed by atoms with Crippen molar-refractivity contribution in [1.29, 1.82) is 0 Å². The van der Waals surface area contributed by atoms with Gasteiger partial charge in [-0.2, -0.15) is 4.31 Å². The van der Waals surface area contributed by atoms with Gasteiger partial charge < -0.3 is 15.0 Å². The van der Waals surface area contributed by atoms with E-state index < -0.39 is 10.0 Å². The molecule has 2 heterocycles. The van der Waals surface area contributed by atoms with Crippen molar-refractivity contribution in [2.75, 3.05) is 33.3 Å². The Morgan fingerprint density at radius 2 is 1.62 bits per heavy atom. The van der Waals surface area contributed by atoms with Gasteiger partial charge in [-0.15, -0.1) is 0 Å². The molecule has 2 fully saturated rings. The largest absolute Gasteiger partial charge is 0.497 e. The predicted octanol–water partition coefficient (Wildman–Crippen LogP) is 2.08. The number of carbonyl (C=O) groups is 1. The topological polar surface area (TPSA) is 79.0 Å². The molecule has 0 atom stereocenters. The smallest absolute Gasteiger partial charge is 0.243 e. The summed E-state index contributed by atoms with van der Waals surface area (Å²) in [6, 6.07) is 7.21. The van der Waals surface area contributed by atoms with Gasteiger partial charge in [0.2, 0.25) is 15.9 Å². The van der Waals surface area contributed by atoms with Crippen LogP contribution in [0.2, 0.25) is 0 Å². The molecule has 1 aromatic rings. The lowest BCUT2D eigenvalue weighted by Gasteiger charge is -2.36. The summed E-state index contributed by atoms with van der Waals surface area (Å²) in [6.07, 6.45) is 3.08. The van der Waals surface area contributed by atoms with Crippen LogP contribution in [0.25, 0.3) is 0 Å². The Morgan fingerprint density at radius 3 is 2.14 bits per heavy atom. The molecule has 7 nitrogen and oxygen atoms in total. The van der Waals surface area contributed by atoms with Crippen LogP contribution in [0.5, 0.6) is 5.75 Å². The number of carbonyl (C=O) groups excluding carboxylic acids is 1. The molecular formula is C21H33N3O4S. The van der Waals surface area contributed by atoms with Gasteiger partial charge in [-0.25, -0.2) is 8.42 Å². The highest BCUT2D eigenvalue weighted by atomic mass is 32.2. The molecule has 0 unspecified atom stereocenters. The molecule has 2 saturated heterocycles. The summed E-state index contributed by atoms with van der Waals surface area (Å²) in [6.45, 7) is 7.18. The van der Waals surface area contributed by atoms with E-state index in [4.69, 9.17) is 4.74 Å². The van der Waals surface area contributed by atoms with Crippen LogP contribution in [0.1, 0.15) is 39.5 Å². The van der Waals surface area contributed by atoms with E-state index in [2.05, 4.69) is 24.1 Å². The lowest BCUT2D eigenvalue weighted by Crippen LogP contribution is -2.49. The van der Waals surface area contributed by atoms with Crippen LogP contribution in [0.4, 0.5) is 0 Å². The van der Waals surface area contributed by atoms with Crippen molar-refractivity contribution in [3.05, 3.63) is 24.3 Å². The van der Waals surface area contributed by atoms with E-state index in [9.17, 15) is 13.2 Å². The molecule has 0 radical (unpaired) electrons. The summed E-state index contributed by atoms with van der Waals surface area (Å²) in [5, 5.41) is 3.20. The maximum Gasteiger partial charge on any atom is 0.243 e. The molecule has 0 spiro atoms. The Labute approximate surface area is 174 Å². The molecule has 0 saturated carbocycles. The van der Waals surface area contributed by atoms with E-state index in [0.29, 0.717) is 37.7 Å². The van der Waals surface area contributed by atoms with Gasteiger partial charge in [0.05, 0.1) is 12.0 Å². The highest BCUT2D eigenvalue weighted by Crippen LogP contribution is 2.25. The lowest BCUT2D eigenvalue weighted by atomic mass is 9.95. The number of hydrogen-bond acceptors (Lipinski definition) is 5. The number of piperidine rings is 2. The fourth-order valence-corrected chi connectivity index (χ4v) is 5.60. The zero-order valence-electron chi connectivity index (χ0n) is 17.6. The standard InChI is InChI=1S/C21H33N3O4S/c1-16(2)23-12-10-18(11-13-23)22-21(25)17-8-14-24(15-9-17)29(26,27)20-6-4-19(28-3)5-7-20/h4-7,16-18H,8-15H2,1-3H3,(H,22,25). The first kappa shape index (κ1) is 22.1. The summed E-state index contributed by atoms with van der Waals surface area (Å²) < 4.78 is 32.3. The Kier molecular flexibility index (Phi) is 7.19. The van der Waals surface area contributed by atoms with Gasteiger partial charge in [0.25, 0.3) is 0 Å². The second-order valence-electron chi connectivity index (χ2n) is 8.27. The highest BCUT2D eigenvalue weighted by molar-refractivity contribution is 7.89. The van der Waals surface area contributed by atoms with Crippen LogP contribution in [0.15, 0.2) is 29.2 Å². The minimum absolute atomic E-state index is 0.0782. The molecule has 162 valence electrons.